The van der Waals surface area contributed by atoms with Gasteiger partial charge in [0.05, 0.1) is 0 Å². The van der Waals surface area contributed by atoms with Gasteiger partial charge in [0.25, 0.3) is 0 Å². The lowest BCUT2D eigenvalue weighted by atomic mass is 9.89. The molecule has 180 valence electrons. The molecule has 0 N–H and O–H groups in total. The van der Waals surface area contributed by atoms with E-state index < -0.39 is 0 Å². The summed E-state index contributed by atoms with van der Waals surface area (Å²) in [6.45, 7) is 4.35. The van der Waals surface area contributed by atoms with Crippen LogP contribution in [-0.2, 0) is 0 Å². The summed E-state index contributed by atoms with van der Waals surface area (Å²) in [5.74, 6) is 0. The third kappa shape index (κ3) is 3.86. The van der Waals surface area contributed by atoms with Crippen LogP contribution in [0.15, 0.2) is 133 Å². The summed E-state index contributed by atoms with van der Waals surface area (Å²) in [6.07, 6.45) is 0. The standard InChI is InChI=1S/C38H28/c1-25-12-13-30(20-26(25)2)31-16-18-35-32(21-31)14-15-33-22-34(17-19-36(33)35)38-24-29-11-7-6-10-28(29)23-37(38)27-8-4-3-5-9-27/h3-24H,1-2H3. The lowest BCUT2D eigenvalue weighted by molar-refractivity contribution is 1.34. The summed E-state index contributed by atoms with van der Waals surface area (Å²) in [5, 5.41) is 7.65. The van der Waals surface area contributed by atoms with Crippen LogP contribution in [0.5, 0.6) is 0 Å². The van der Waals surface area contributed by atoms with Gasteiger partial charge in [-0.05, 0) is 115 Å². The second kappa shape index (κ2) is 9.01. The number of aryl methyl sites for hydroxylation is 2. The Hall–Kier alpha value is -4.68. The Balaban J connectivity index is 1.37. The van der Waals surface area contributed by atoms with Crippen LogP contribution in [-0.4, -0.2) is 0 Å². The Labute approximate surface area is 223 Å². The minimum absolute atomic E-state index is 1.24. The van der Waals surface area contributed by atoms with Crippen LogP contribution in [0.3, 0.4) is 0 Å². The smallest absolute Gasteiger partial charge is 0.00988 e. The molecule has 7 aromatic carbocycles. The van der Waals surface area contributed by atoms with E-state index in [9.17, 15) is 0 Å². The van der Waals surface area contributed by atoms with E-state index in [2.05, 4.69) is 147 Å². The Morgan fingerprint density at radius 3 is 1.50 bits per heavy atom. The van der Waals surface area contributed by atoms with Crippen LogP contribution in [0, 0.1) is 13.8 Å². The zero-order chi connectivity index (χ0) is 25.6. The highest BCUT2D eigenvalue weighted by molar-refractivity contribution is 6.10. The Morgan fingerprint density at radius 1 is 0.316 bits per heavy atom. The third-order valence-corrected chi connectivity index (χ3v) is 7.96. The molecule has 0 amide bonds. The number of hydrogen-bond donors (Lipinski definition) is 0. The van der Waals surface area contributed by atoms with Gasteiger partial charge in [0, 0.05) is 0 Å². The molecule has 0 aliphatic rings. The normalized spacial score (nSPS) is 11.4. The molecule has 0 unspecified atom stereocenters. The second-order valence-electron chi connectivity index (χ2n) is 10.3. The van der Waals surface area contributed by atoms with Gasteiger partial charge in [-0.25, -0.2) is 0 Å². The first-order valence-electron chi connectivity index (χ1n) is 13.3. The summed E-state index contributed by atoms with van der Waals surface area (Å²) >= 11 is 0. The molecular formula is C38H28. The largest absolute Gasteiger partial charge is 0.0622 e. The lowest BCUT2D eigenvalue weighted by Crippen LogP contribution is -1.88. The molecule has 0 aliphatic carbocycles. The molecule has 7 aromatic rings. The average molecular weight is 485 g/mol. The summed E-state index contributed by atoms with van der Waals surface area (Å²) in [6, 6.07) is 49.1. The van der Waals surface area contributed by atoms with Crippen LogP contribution >= 0.6 is 0 Å². The van der Waals surface area contributed by atoms with E-state index in [1.807, 2.05) is 0 Å². The predicted octanol–water partition coefficient (Wildman–Crippen LogP) is 10.8. The molecular weight excluding hydrogens is 456 g/mol. The van der Waals surface area contributed by atoms with Gasteiger partial charge in [-0.1, -0.05) is 109 Å². The quantitative estimate of drug-likeness (QED) is 0.219. The van der Waals surface area contributed by atoms with Gasteiger partial charge in [0.1, 0.15) is 0 Å². The molecule has 0 spiro atoms. The van der Waals surface area contributed by atoms with Crippen molar-refractivity contribution in [2.45, 2.75) is 13.8 Å². The highest BCUT2D eigenvalue weighted by atomic mass is 14.2. The van der Waals surface area contributed by atoms with E-state index in [1.165, 1.54) is 76.8 Å². The summed E-state index contributed by atoms with van der Waals surface area (Å²) < 4.78 is 0. The monoisotopic (exact) mass is 484 g/mol. The topological polar surface area (TPSA) is 0 Å². The molecule has 38 heavy (non-hydrogen) atoms. The summed E-state index contributed by atoms with van der Waals surface area (Å²) in [7, 11) is 0. The van der Waals surface area contributed by atoms with Crippen molar-refractivity contribution in [1.29, 1.82) is 0 Å². The van der Waals surface area contributed by atoms with Crippen molar-refractivity contribution in [3.63, 3.8) is 0 Å². The van der Waals surface area contributed by atoms with Crippen molar-refractivity contribution in [3.8, 4) is 33.4 Å². The Bertz CT molecular complexity index is 1980. The molecule has 0 radical (unpaired) electrons. The van der Waals surface area contributed by atoms with Gasteiger partial charge in [-0.3, -0.25) is 0 Å². The number of fused-ring (bicyclic) bond motifs is 4. The first-order valence-corrected chi connectivity index (χ1v) is 13.3. The van der Waals surface area contributed by atoms with Gasteiger partial charge in [0.2, 0.25) is 0 Å². The molecule has 0 aliphatic heterocycles. The highest BCUT2D eigenvalue weighted by Crippen LogP contribution is 2.38. The van der Waals surface area contributed by atoms with Crippen molar-refractivity contribution >= 4 is 32.3 Å². The molecule has 0 nitrogen and oxygen atoms in total. The van der Waals surface area contributed by atoms with E-state index in [1.54, 1.807) is 0 Å². The summed E-state index contributed by atoms with van der Waals surface area (Å²) in [4.78, 5) is 0. The third-order valence-electron chi connectivity index (χ3n) is 7.96. The Morgan fingerprint density at radius 2 is 0.842 bits per heavy atom. The molecule has 0 bridgehead atoms. The van der Waals surface area contributed by atoms with Crippen LogP contribution in [0.25, 0.3) is 65.7 Å². The highest BCUT2D eigenvalue weighted by Gasteiger charge is 2.12. The maximum absolute atomic E-state index is 2.35. The van der Waals surface area contributed by atoms with Crippen molar-refractivity contribution in [2.24, 2.45) is 0 Å². The number of hydrogen-bond acceptors (Lipinski definition) is 0. The molecule has 0 saturated heterocycles. The summed E-state index contributed by atoms with van der Waals surface area (Å²) in [5.41, 5.74) is 10.2. The maximum Gasteiger partial charge on any atom is -0.00988 e. The molecule has 0 aromatic heterocycles. The molecule has 7 rings (SSSR count). The SMILES string of the molecule is Cc1ccc(-c2ccc3c(ccc4cc(-c5cc6ccccc6cc5-c5ccccc5)ccc43)c2)cc1C. The van der Waals surface area contributed by atoms with Crippen LogP contribution in [0.4, 0.5) is 0 Å². The van der Waals surface area contributed by atoms with E-state index in [-0.39, 0.29) is 0 Å². The van der Waals surface area contributed by atoms with Gasteiger partial charge in [-0.15, -0.1) is 0 Å². The number of rotatable bonds is 3. The second-order valence-corrected chi connectivity index (χ2v) is 10.3. The zero-order valence-electron chi connectivity index (χ0n) is 21.7. The minimum Gasteiger partial charge on any atom is -0.0622 e. The fourth-order valence-electron chi connectivity index (χ4n) is 5.68. The lowest BCUT2D eigenvalue weighted by Gasteiger charge is -2.14. The van der Waals surface area contributed by atoms with Crippen molar-refractivity contribution in [3.05, 3.63) is 145 Å². The molecule has 0 saturated carbocycles. The van der Waals surface area contributed by atoms with Crippen molar-refractivity contribution in [2.75, 3.05) is 0 Å². The van der Waals surface area contributed by atoms with E-state index in [0.29, 0.717) is 0 Å². The van der Waals surface area contributed by atoms with Crippen LogP contribution < -0.4 is 0 Å². The maximum atomic E-state index is 2.35. The van der Waals surface area contributed by atoms with E-state index >= 15 is 0 Å². The molecule has 0 fully saturated rings. The fourth-order valence-corrected chi connectivity index (χ4v) is 5.68. The Kier molecular flexibility index (Phi) is 5.34. The zero-order valence-corrected chi connectivity index (χ0v) is 21.7. The van der Waals surface area contributed by atoms with Gasteiger partial charge < -0.3 is 0 Å². The minimum atomic E-state index is 1.24. The molecule has 0 heterocycles. The van der Waals surface area contributed by atoms with Crippen LogP contribution in [0.1, 0.15) is 11.1 Å². The fraction of sp³-hybridized carbons (Fsp3) is 0.0526. The van der Waals surface area contributed by atoms with Crippen molar-refractivity contribution < 1.29 is 0 Å². The van der Waals surface area contributed by atoms with E-state index in [0.717, 1.165) is 0 Å². The first-order chi connectivity index (χ1) is 18.6. The van der Waals surface area contributed by atoms with Gasteiger partial charge in [0.15, 0.2) is 0 Å². The van der Waals surface area contributed by atoms with Crippen molar-refractivity contribution in [1.82, 2.24) is 0 Å². The van der Waals surface area contributed by atoms with E-state index in [4.69, 9.17) is 0 Å². The van der Waals surface area contributed by atoms with Gasteiger partial charge >= 0.3 is 0 Å². The molecule has 0 heteroatoms. The first kappa shape index (κ1) is 22.5. The average Bonchev–Trinajstić information content (AvgIpc) is 2.97. The van der Waals surface area contributed by atoms with Crippen LogP contribution in [0.2, 0.25) is 0 Å². The van der Waals surface area contributed by atoms with Gasteiger partial charge in [-0.2, -0.15) is 0 Å². The predicted molar refractivity (Wildman–Crippen MR) is 165 cm³/mol. The number of benzene rings is 7. The molecule has 0 atom stereocenters.